The molecule has 0 spiro atoms. The molecule has 0 saturated carbocycles. The third kappa shape index (κ3) is 3.93. The molecule has 1 heterocycles. The third-order valence-electron chi connectivity index (χ3n) is 10.6. The highest BCUT2D eigenvalue weighted by atomic mass is 16.3. The monoisotopic (exact) mass is 593 g/mol. The highest BCUT2D eigenvalue weighted by Crippen LogP contribution is 2.59. The molecule has 2 nitrogen and oxygen atoms in total. The number of benzene rings is 4. The van der Waals surface area contributed by atoms with Crippen LogP contribution in [0.15, 0.2) is 143 Å². The summed E-state index contributed by atoms with van der Waals surface area (Å²) in [6, 6.07) is 31.6. The van der Waals surface area contributed by atoms with Gasteiger partial charge in [-0.15, -0.1) is 0 Å². The van der Waals surface area contributed by atoms with Crippen molar-refractivity contribution in [3.05, 3.63) is 173 Å². The Morgan fingerprint density at radius 2 is 1.67 bits per heavy atom. The van der Waals surface area contributed by atoms with Crippen LogP contribution in [-0.4, -0.2) is 6.21 Å². The highest BCUT2D eigenvalue weighted by molar-refractivity contribution is 6.02. The summed E-state index contributed by atoms with van der Waals surface area (Å²) in [6.45, 7) is 5.88. The molecular formula is C44H35NO. The quantitative estimate of drug-likeness (QED) is 0.186. The van der Waals surface area contributed by atoms with Gasteiger partial charge in [0.25, 0.3) is 0 Å². The van der Waals surface area contributed by atoms with Crippen LogP contribution in [-0.2, 0) is 0 Å². The predicted molar refractivity (Wildman–Crippen MR) is 192 cm³/mol. The first-order chi connectivity index (χ1) is 22.8. The Labute approximate surface area is 270 Å². The number of aliphatic imine (C=N–C) groups is 1. The summed E-state index contributed by atoms with van der Waals surface area (Å²) in [5.41, 5.74) is 15.8. The molecule has 5 aromatic rings. The average molecular weight is 594 g/mol. The lowest BCUT2D eigenvalue weighted by atomic mass is 9.79. The molecule has 0 amide bonds. The maximum Gasteiger partial charge on any atom is 0.153 e. The Morgan fingerprint density at radius 1 is 0.826 bits per heavy atom. The van der Waals surface area contributed by atoms with E-state index in [0.29, 0.717) is 23.5 Å². The van der Waals surface area contributed by atoms with Crippen molar-refractivity contribution in [2.24, 2.45) is 10.9 Å². The second-order valence-electron chi connectivity index (χ2n) is 12.8. The number of nitrogens with zero attached hydrogens (tertiary/aromatic N) is 1. The summed E-state index contributed by atoms with van der Waals surface area (Å²) in [7, 11) is 0. The van der Waals surface area contributed by atoms with Crippen LogP contribution in [0.1, 0.15) is 76.7 Å². The molecule has 0 radical (unpaired) electrons. The number of furan rings is 1. The van der Waals surface area contributed by atoms with Crippen LogP contribution >= 0.6 is 0 Å². The van der Waals surface area contributed by atoms with Crippen molar-refractivity contribution in [2.45, 2.75) is 37.5 Å². The van der Waals surface area contributed by atoms with E-state index in [0.717, 1.165) is 40.6 Å². The van der Waals surface area contributed by atoms with Crippen LogP contribution in [0, 0.1) is 5.92 Å². The molecule has 4 aromatic carbocycles. The van der Waals surface area contributed by atoms with Gasteiger partial charge in [-0.25, -0.2) is 0 Å². The minimum absolute atomic E-state index is 0.287. The SMILES string of the molecule is C=Cc1oc2c(-c3ccc(C4c5ccc6c(c5C5C=CC=CC54)C(c4ccccc4)C4=C6CCC=C4)cc3)cccc2c1/N=C\C. The minimum Gasteiger partial charge on any atom is -0.454 e. The van der Waals surface area contributed by atoms with Crippen molar-refractivity contribution in [2.75, 3.05) is 0 Å². The fourth-order valence-corrected chi connectivity index (χ4v) is 8.72. The van der Waals surface area contributed by atoms with E-state index in [2.05, 4.69) is 133 Å². The maximum atomic E-state index is 6.31. The number of hydrogen-bond donors (Lipinski definition) is 0. The molecule has 0 N–H and O–H groups in total. The molecule has 1 aromatic heterocycles. The van der Waals surface area contributed by atoms with Crippen molar-refractivity contribution in [1.29, 1.82) is 0 Å². The van der Waals surface area contributed by atoms with Crippen LogP contribution in [0.5, 0.6) is 0 Å². The molecule has 9 rings (SSSR count). The van der Waals surface area contributed by atoms with Crippen LogP contribution in [0.4, 0.5) is 5.69 Å². The molecule has 4 atom stereocenters. The summed E-state index contributed by atoms with van der Waals surface area (Å²) in [5.74, 6) is 2.04. The molecule has 0 bridgehead atoms. The van der Waals surface area contributed by atoms with Gasteiger partial charge in [0.1, 0.15) is 11.3 Å². The zero-order chi connectivity index (χ0) is 30.8. The zero-order valence-corrected chi connectivity index (χ0v) is 26.0. The van der Waals surface area contributed by atoms with Crippen LogP contribution in [0.25, 0.3) is 33.7 Å². The largest absolute Gasteiger partial charge is 0.454 e. The van der Waals surface area contributed by atoms with Gasteiger partial charge >= 0.3 is 0 Å². The van der Waals surface area contributed by atoms with Gasteiger partial charge in [-0.3, -0.25) is 4.99 Å². The fourth-order valence-electron chi connectivity index (χ4n) is 8.72. The molecule has 0 fully saturated rings. The smallest absolute Gasteiger partial charge is 0.153 e. The summed E-state index contributed by atoms with van der Waals surface area (Å²) in [6.07, 6.45) is 20.0. The summed E-state index contributed by atoms with van der Waals surface area (Å²) in [5, 5.41) is 1.01. The lowest BCUT2D eigenvalue weighted by molar-refractivity contribution is 0.566. The van der Waals surface area contributed by atoms with Crippen molar-refractivity contribution in [3.63, 3.8) is 0 Å². The Hall–Kier alpha value is -5.21. The topological polar surface area (TPSA) is 25.5 Å². The van der Waals surface area contributed by atoms with Gasteiger partial charge < -0.3 is 4.42 Å². The molecule has 0 aliphatic heterocycles. The molecule has 4 unspecified atom stereocenters. The normalized spacial score (nSPS) is 22.4. The van der Waals surface area contributed by atoms with Crippen LogP contribution in [0.2, 0.25) is 0 Å². The van der Waals surface area contributed by atoms with Gasteiger partial charge in [-0.05, 0) is 87.9 Å². The van der Waals surface area contributed by atoms with E-state index in [1.165, 1.54) is 27.8 Å². The van der Waals surface area contributed by atoms with E-state index < -0.39 is 0 Å². The number of rotatable bonds is 5. The average Bonchev–Trinajstić information content (AvgIpc) is 3.76. The number of hydrogen-bond acceptors (Lipinski definition) is 2. The lowest BCUT2D eigenvalue weighted by Crippen LogP contribution is -2.12. The second kappa shape index (κ2) is 10.7. The van der Waals surface area contributed by atoms with Gasteiger partial charge in [0.15, 0.2) is 5.76 Å². The van der Waals surface area contributed by atoms with Crippen molar-refractivity contribution in [1.82, 2.24) is 0 Å². The highest BCUT2D eigenvalue weighted by Gasteiger charge is 2.45. The second-order valence-corrected chi connectivity index (χ2v) is 12.8. The Balaban J connectivity index is 1.17. The van der Waals surface area contributed by atoms with E-state index in [1.54, 1.807) is 29.0 Å². The van der Waals surface area contributed by atoms with Gasteiger partial charge in [-0.2, -0.15) is 0 Å². The first kappa shape index (κ1) is 27.1. The summed E-state index contributed by atoms with van der Waals surface area (Å²) in [4.78, 5) is 4.59. The van der Waals surface area contributed by atoms with E-state index in [1.807, 2.05) is 6.92 Å². The Kier molecular flexibility index (Phi) is 6.31. The van der Waals surface area contributed by atoms with Gasteiger partial charge in [0, 0.05) is 34.9 Å². The zero-order valence-electron chi connectivity index (χ0n) is 26.0. The number of fused-ring (bicyclic) bond motifs is 7. The molecule has 0 saturated heterocycles. The first-order valence-electron chi connectivity index (χ1n) is 16.5. The van der Waals surface area contributed by atoms with E-state index in [4.69, 9.17) is 4.42 Å². The number of allylic oxidation sites excluding steroid dienone is 8. The van der Waals surface area contributed by atoms with Crippen molar-refractivity contribution < 1.29 is 4.42 Å². The van der Waals surface area contributed by atoms with Crippen molar-refractivity contribution in [3.8, 4) is 11.1 Å². The van der Waals surface area contributed by atoms with Gasteiger partial charge in [0.2, 0.25) is 0 Å². The molecular weight excluding hydrogens is 558 g/mol. The summed E-state index contributed by atoms with van der Waals surface area (Å²) < 4.78 is 6.31. The predicted octanol–water partition coefficient (Wildman–Crippen LogP) is 11.7. The lowest BCUT2D eigenvalue weighted by Gasteiger charge is -2.24. The minimum atomic E-state index is 0.287. The molecule has 222 valence electrons. The van der Waals surface area contributed by atoms with Gasteiger partial charge in [-0.1, -0.05) is 122 Å². The molecule has 46 heavy (non-hydrogen) atoms. The molecule has 4 aliphatic carbocycles. The van der Waals surface area contributed by atoms with Gasteiger partial charge in [0.05, 0.1) is 0 Å². The van der Waals surface area contributed by atoms with Crippen molar-refractivity contribution >= 4 is 34.5 Å². The van der Waals surface area contributed by atoms with E-state index >= 15 is 0 Å². The summed E-state index contributed by atoms with van der Waals surface area (Å²) >= 11 is 0. The third-order valence-corrected chi connectivity index (χ3v) is 10.6. The molecule has 4 aliphatic rings. The Morgan fingerprint density at radius 3 is 2.50 bits per heavy atom. The maximum absolute atomic E-state index is 6.31. The Bertz CT molecular complexity index is 2180. The standard InChI is InChI=1S/C44H35NO/c1-3-38-43(45-4-2)37-20-12-19-30(44(37)46-38)27-21-23-29(24-22-27)39-33-17-10-11-18-34(33)41-36(39)26-25-35-31-15-8-9-16-32(31)40(42(35)41)28-13-6-5-7-14-28/h3-7,9-14,16-26,33-34,39-40H,1,8,15H2,2H3/b45-4-. The van der Waals surface area contributed by atoms with Crippen LogP contribution in [0.3, 0.4) is 0 Å². The molecule has 2 heteroatoms. The number of para-hydroxylation sites is 1. The van der Waals surface area contributed by atoms with E-state index in [-0.39, 0.29) is 5.92 Å². The van der Waals surface area contributed by atoms with Crippen LogP contribution < -0.4 is 0 Å². The first-order valence-corrected chi connectivity index (χ1v) is 16.5. The fraction of sp³-hybridized carbons (Fsp3) is 0.159. The van der Waals surface area contributed by atoms with E-state index in [9.17, 15) is 0 Å².